The van der Waals surface area contributed by atoms with Gasteiger partial charge >= 0.3 is 6.09 Å². The number of nitrogens with zero attached hydrogens (tertiary/aromatic N) is 10. The molecule has 4 aromatic carbocycles. The van der Waals surface area contributed by atoms with Crippen molar-refractivity contribution in [3.8, 4) is 34.7 Å². The number of alkyl carbamates (subject to hydrolysis) is 1. The largest absolute Gasteiger partial charge is 0.489 e. The van der Waals surface area contributed by atoms with Gasteiger partial charge in [-0.15, -0.1) is 11.3 Å². The molecule has 2 saturated heterocycles. The first-order valence-corrected chi connectivity index (χ1v) is 29.9. The number of aryl methyl sites for hydroxylation is 2. The van der Waals surface area contributed by atoms with Gasteiger partial charge in [0.15, 0.2) is 22.2 Å². The highest BCUT2D eigenvalue weighted by Gasteiger charge is 2.38. The number of likely N-dealkylation sites (tertiary alicyclic amines) is 2. The van der Waals surface area contributed by atoms with E-state index in [1.807, 2.05) is 127 Å². The molecule has 2 aliphatic heterocycles. The van der Waals surface area contributed by atoms with Gasteiger partial charge in [0.1, 0.15) is 63.8 Å². The predicted molar refractivity (Wildman–Crippen MR) is 317 cm³/mol. The molecule has 0 unspecified atom stereocenters. The number of imidazole rings is 2. The molecule has 0 aliphatic carbocycles. The van der Waals surface area contributed by atoms with E-state index in [1.165, 1.54) is 34.0 Å². The average molecular weight is 1190 g/mol. The standard InChI is InChI=1S/C30H32N6O5S.C30H26N6O4S2/c1-18-34-36-16-21(31-28(36)42-18)26-32-25-22(13-8-14-23(25)40-26)39-17-20-12-9-15-35(20)27(37)24(19-10-6-5-7-11-19)33-29(38)41-30(2,3)4;1-18-34-36-16-21(31-30(36)42-18)28-33-26-22(11-5-12-23(26)40-28)39-17-20-10-6-14-35(20)29(38)25(19-8-3-2-4-9-19)32-27(37)24-13-7-15-41-24/h5-8,10-11,13-14,16,20,24H,9,12,15,17H2,1-4H3,(H,33,38);2-5,7-9,11-13,15-16,20,25H,6,10,14,17H2,1H3,(H,32,37)/t20-,24-;20-,25-/m11/s1. The van der Waals surface area contributed by atoms with Gasteiger partial charge in [-0.2, -0.15) is 10.2 Å². The summed E-state index contributed by atoms with van der Waals surface area (Å²) in [5.74, 6) is 1.28. The minimum absolute atomic E-state index is 0.150. The van der Waals surface area contributed by atoms with Crippen molar-refractivity contribution >= 4 is 89.9 Å². The molecular weight excluding hydrogens is 1130 g/mol. The maximum absolute atomic E-state index is 13.9. The van der Waals surface area contributed by atoms with Gasteiger partial charge in [-0.05, 0) is 107 Å². The SMILES string of the molecule is Cc1nn2cc(-c3nc4c(OC[C@H]5CCCN5C(=O)[C@H](NC(=O)OC(C)(C)C)c5ccccc5)cccc4o3)nc2s1.Cc1nn2cc(-c3nc4c(OC[C@H]5CCCN5C(=O)[C@H](NC(=O)c5cccs5)c5ccccc5)cccc4o3)nc2s1. The Morgan fingerprint density at radius 3 is 1.56 bits per heavy atom. The number of amides is 4. The lowest BCUT2D eigenvalue weighted by Crippen LogP contribution is -2.47. The molecule has 24 heteroatoms. The molecule has 2 aliphatic rings. The van der Waals surface area contributed by atoms with Crippen molar-refractivity contribution in [2.45, 2.75) is 90.1 Å². The monoisotopic (exact) mass is 1190 g/mol. The number of fused-ring (bicyclic) bond motifs is 4. The molecule has 430 valence electrons. The number of thiophene rings is 1. The van der Waals surface area contributed by atoms with Crippen LogP contribution in [0.15, 0.2) is 136 Å². The quantitative estimate of drug-likeness (QED) is 0.0970. The van der Waals surface area contributed by atoms with Crippen LogP contribution in [0.2, 0.25) is 0 Å². The summed E-state index contributed by atoms with van der Waals surface area (Å²) < 4.78 is 33.4. The van der Waals surface area contributed by atoms with E-state index in [0.29, 0.717) is 80.4 Å². The Bertz CT molecular complexity index is 4080. The van der Waals surface area contributed by atoms with E-state index in [2.05, 4.69) is 40.8 Å². The molecule has 11 aromatic rings. The molecule has 2 N–H and O–H groups in total. The molecule has 0 saturated carbocycles. The van der Waals surface area contributed by atoms with Crippen molar-refractivity contribution in [1.82, 2.24) is 59.6 Å². The first-order chi connectivity index (χ1) is 40.7. The lowest BCUT2D eigenvalue weighted by atomic mass is 10.0. The summed E-state index contributed by atoms with van der Waals surface area (Å²) in [6, 6.07) is 31.2. The normalized spacial score (nSPS) is 16.0. The van der Waals surface area contributed by atoms with Gasteiger partial charge in [-0.1, -0.05) is 102 Å². The fraction of sp³-hybridized carbons (Fsp3) is 0.300. The molecule has 4 amide bonds. The number of benzene rings is 4. The van der Waals surface area contributed by atoms with Crippen LogP contribution in [0.5, 0.6) is 11.5 Å². The van der Waals surface area contributed by atoms with Crippen LogP contribution in [0.1, 0.15) is 89.4 Å². The number of oxazole rings is 2. The third kappa shape index (κ3) is 12.1. The highest BCUT2D eigenvalue weighted by molar-refractivity contribution is 7.17. The molecule has 21 nitrogen and oxygen atoms in total. The fourth-order valence-electron chi connectivity index (χ4n) is 10.3. The summed E-state index contributed by atoms with van der Waals surface area (Å²) in [6.07, 6.45) is 6.20. The van der Waals surface area contributed by atoms with Gasteiger partial charge in [-0.25, -0.2) is 33.8 Å². The van der Waals surface area contributed by atoms with Gasteiger partial charge in [0, 0.05) is 13.1 Å². The maximum atomic E-state index is 13.9. The fourth-order valence-corrected chi connectivity index (χ4v) is 12.4. The second-order valence-electron chi connectivity index (χ2n) is 21.3. The number of hydrogen-bond acceptors (Lipinski definition) is 18. The molecule has 13 rings (SSSR count). The molecular formula is C60H58N12O9S3. The summed E-state index contributed by atoms with van der Waals surface area (Å²) in [4.78, 5) is 77.7. The Labute approximate surface area is 493 Å². The molecule has 0 bridgehead atoms. The minimum Gasteiger partial charge on any atom is -0.489 e. The van der Waals surface area contributed by atoms with Gasteiger partial charge in [0.05, 0.1) is 29.4 Å². The van der Waals surface area contributed by atoms with E-state index >= 15 is 0 Å². The number of nitrogens with one attached hydrogen (secondary N) is 2. The van der Waals surface area contributed by atoms with E-state index in [1.54, 1.807) is 53.2 Å². The Hall–Kier alpha value is -9.00. The summed E-state index contributed by atoms with van der Waals surface area (Å²) in [5.41, 5.74) is 4.26. The number of carbonyl (C=O) groups excluding carboxylic acids is 4. The van der Waals surface area contributed by atoms with Crippen LogP contribution in [0.3, 0.4) is 0 Å². The number of ether oxygens (including phenoxy) is 3. The molecule has 0 spiro atoms. The van der Waals surface area contributed by atoms with E-state index in [0.717, 1.165) is 51.2 Å². The Morgan fingerprint density at radius 2 is 1.11 bits per heavy atom. The van der Waals surface area contributed by atoms with Crippen LogP contribution in [-0.4, -0.2) is 117 Å². The summed E-state index contributed by atoms with van der Waals surface area (Å²) in [5, 5.41) is 18.3. The van der Waals surface area contributed by atoms with Crippen LogP contribution in [0.4, 0.5) is 4.79 Å². The zero-order chi connectivity index (χ0) is 58.1. The number of rotatable bonds is 15. The zero-order valence-electron chi connectivity index (χ0n) is 46.5. The molecule has 2 fully saturated rings. The van der Waals surface area contributed by atoms with Crippen molar-refractivity contribution in [1.29, 1.82) is 0 Å². The van der Waals surface area contributed by atoms with Crippen LogP contribution < -0.4 is 20.1 Å². The highest BCUT2D eigenvalue weighted by Crippen LogP contribution is 2.35. The Balaban J connectivity index is 0.000000165. The van der Waals surface area contributed by atoms with E-state index in [9.17, 15) is 19.2 Å². The van der Waals surface area contributed by atoms with Crippen molar-refractivity contribution in [3.05, 3.63) is 153 Å². The predicted octanol–water partition coefficient (Wildman–Crippen LogP) is 11.1. The first-order valence-electron chi connectivity index (χ1n) is 27.4. The van der Waals surface area contributed by atoms with Gasteiger partial charge in [0.2, 0.25) is 33.5 Å². The lowest BCUT2D eigenvalue weighted by molar-refractivity contribution is -0.135. The third-order valence-corrected chi connectivity index (χ3v) is 16.7. The van der Waals surface area contributed by atoms with Crippen LogP contribution in [0.25, 0.3) is 55.3 Å². The van der Waals surface area contributed by atoms with Gasteiger partial charge in [0.25, 0.3) is 5.91 Å². The summed E-state index contributed by atoms with van der Waals surface area (Å²) in [7, 11) is 0. The topological polar surface area (TPSA) is 239 Å². The molecule has 4 atom stereocenters. The molecule has 7 aromatic heterocycles. The lowest BCUT2D eigenvalue weighted by Gasteiger charge is -2.30. The number of carbonyl (C=O) groups is 4. The number of hydrogen-bond donors (Lipinski definition) is 2. The summed E-state index contributed by atoms with van der Waals surface area (Å²) in [6.45, 7) is 10.9. The smallest absolute Gasteiger partial charge is 0.408 e. The maximum Gasteiger partial charge on any atom is 0.408 e. The molecule has 0 radical (unpaired) electrons. The first kappa shape index (κ1) is 55.5. The third-order valence-electron chi connectivity index (χ3n) is 14.1. The van der Waals surface area contributed by atoms with Gasteiger partial charge in [-0.3, -0.25) is 14.4 Å². The number of aromatic nitrogens is 8. The molecule has 9 heterocycles. The van der Waals surface area contributed by atoms with E-state index < -0.39 is 23.8 Å². The minimum atomic E-state index is -0.883. The second-order valence-corrected chi connectivity index (χ2v) is 24.5. The van der Waals surface area contributed by atoms with Crippen LogP contribution >= 0.6 is 34.0 Å². The molecule has 84 heavy (non-hydrogen) atoms. The van der Waals surface area contributed by atoms with Crippen molar-refractivity contribution < 1.29 is 42.2 Å². The number of para-hydroxylation sites is 2. The Kier molecular flexibility index (Phi) is 15.7. The van der Waals surface area contributed by atoms with Crippen LogP contribution in [0, 0.1) is 13.8 Å². The van der Waals surface area contributed by atoms with Crippen molar-refractivity contribution in [2.75, 3.05) is 26.3 Å². The van der Waals surface area contributed by atoms with Crippen molar-refractivity contribution in [3.63, 3.8) is 0 Å². The zero-order valence-corrected chi connectivity index (χ0v) is 48.9. The van der Waals surface area contributed by atoms with Gasteiger partial charge < -0.3 is 43.5 Å². The second kappa shape index (κ2) is 23.7. The van der Waals surface area contributed by atoms with E-state index in [-0.39, 0.29) is 43.0 Å². The Morgan fingerprint density at radius 1 is 0.619 bits per heavy atom. The summed E-state index contributed by atoms with van der Waals surface area (Å²) >= 11 is 4.33. The average Bonchev–Trinajstić information content (AvgIpc) is 4.17. The van der Waals surface area contributed by atoms with E-state index in [4.69, 9.17) is 23.0 Å². The van der Waals surface area contributed by atoms with Crippen molar-refractivity contribution in [2.24, 2.45) is 0 Å². The highest BCUT2D eigenvalue weighted by atomic mass is 32.1. The van der Waals surface area contributed by atoms with Crippen LogP contribution in [-0.2, 0) is 14.3 Å².